The first-order valence-electron chi connectivity index (χ1n) is 16.2. The maximum absolute atomic E-state index is 11.2. The van der Waals surface area contributed by atoms with Crippen LogP contribution in [0.15, 0.2) is 121 Å². The molecule has 4 aromatic carbocycles. The third-order valence-corrected chi connectivity index (χ3v) is 8.51. The first-order valence-corrected chi connectivity index (χ1v) is 17.4. The summed E-state index contributed by atoms with van der Waals surface area (Å²) in [4.78, 5) is 0. The molecule has 0 unspecified atom stereocenters. The van der Waals surface area contributed by atoms with E-state index in [1.807, 2.05) is 60.7 Å². The van der Waals surface area contributed by atoms with Crippen LogP contribution in [0.1, 0.15) is 86.3 Å². The molecule has 0 saturated carbocycles. The van der Waals surface area contributed by atoms with Crippen molar-refractivity contribution >= 4 is 11.4 Å². The Morgan fingerprint density at radius 2 is 1.13 bits per heavy atom. The third kappa shape index (κ3) is 10.8. The van der Waals surface area contributed by atoms with E-state index in [-0.39, 0.29) is 18.7 Å². The molecule has 0 amide bonds. The van der Waals surface area contributed by atoms with Crippen molar-refractivity contribution in [2.75, 3.05) is 0 Å². The number of rotatable bonds is 15. The van der Waals surface area contributed by atoms with Crippen molar-refractivity contribution in [3.8, 4) is 0 Å². The molecule has 0 bridgehead atoms. The Bertz CT molecular complexity index is 1510. The van der Waals surface area contributed by atoms with Crippen LogP contribution in [-0.2, 0) is 51.7 Å². The van der Waals surface area contributed by atoms with E-state index in [2.05, 4.69) is 75.4 Å². The van der Waals surface area contributed by atoms with Gasteiger partial charge in [-0.05, 0) is 67.5 Å². The predicted molar refractivity (Wildman–Crippen MR) is 181 cm³/mol. The second-order valence-corrected chi connectivity index (χ2v) is 12.3. The van der Waals surface area contributed by atoms with E-state index < -0.39 is 0 Å². The molecule has 45 heavy (non-hydrogen) atoms. The van der Waals surface area contributed by atoms with Gasteiger partial charge in [0.05, 0.1) is 0 Å². The summed E-state index contributed by atoms with van der Waals surface area (Å²) in [6.45, 7) is 7.83. The molecule has 4 aromatic rings. The van der Waals surface area contributed by atoms with Gasteiger partial charge in [-0.1, -0.05) is 57.9 Å². The van der Waals surface area contributed by atoms with Crippen molar-refractivity contribution in [2.45, 2.75) is 78.9 Å². The summed E-state index contributed by atoms with van der Waals surface area (Å²) < 4.78 is 12.4. The number of hydrogen-bond acceptors (Lipinski definition) is 2. The van der Waals surface area contributed by atoms with Crippen molar-refractivity contribution in [2.24, 2.45) is 0 Å². The van der Waals surface area contributed by atoms with Gasteiger partial charge in [0.1, 0.15) is 0 Å². The van der Waals surface area contributed by atoms with Crippen LogP contribution in [0, 0.1) is 0 Å². The third-order valence-electron chi connectivity index (χ3n) is 7.69. The molecule has 0 spiro atoms. The maximum atomic E-state index is 11.2. The van der Waals surface area contributed by atoms with Gasteiger partial charge >= 0.3 is 111 Å². The molecule has 0 aromatic heterocycles. The van der Waals surface area contributed by atoms with Crippen LogP contribution in [0.3, 0.4) is 0 Å². The Labute approximate surface area is 279 Å². The Kier molecular flexibility index (Phi) is 14.6. The second-order valence-electron chi connectivity index (χ2n) is 11.2. The van der Waals surface area contributed by atoms with E-state index in [0.717, 1.165) is 54.6 Å². The standard InChI is InChI=1S/C26H32N2.2C7H7O.Pd/c1-4-7-11-21-13-10-15-22(18-21)25-19-24(14-8-5-2)26(28(25)27)23-16-9-12-20(6-3)17-23;2*8-6-7-4-2-1-3-5-7;/h9-10,12-13,15-19H,4-8,11,14H2,1-3H3;2*1-5H,6H2;/q;2*-1;+2. The summed E-state index contributed by atoms with van der Waals surface area (Å²) in [6, 6.07) is 37.4. The first-order chi connectivity index (χ1) is 22.1. The van der Waals surface area contributed by atoms with Crippen LogP contribution in [0.5, 0.6) is 0 Å². The van der Waals surface area contributed by atoms with Crippen molar-refractivity contribution in [3.63, 3.8) is 0 Å². The number of nitrogens with zero attached hydrogens (tertiary/aromatic N) is 2. The van der Waals surface area contributed by atoms with Crippen molar-refractivity contribution < 1.29 is 30.3 Å². The number of hydrogen-bond donors (Lipinski definition) is 0. The average Bonchev–Trinajstić information content (AvgIpc) is 3.43. The van der Waals surface area contributed by atoms with E-state index >= 15 is 0 Å². The Hall–Kier alpha value is -3.46. The zero-order chi connectivity index (χ0) is 31.7. The van der Waals surface area contributed by atoms with E-state index in [0.29, 0.717) is 13.2 Å². The summed E-state index contributed by atoms with van der Waals surface area (Å²) in [5, 5.41) is 0. The van der Waals surface area contributed by atoms with Gasteiger partial charge in [-0.15, -0.1) is 0 Å². The summed E-state index contributed by atoms with van der Waals surface area (Å²) >= 11 is -0.109. The van der Waals surface area contributed by atoms with Crippen molar-refractivity contribution in [1.29, 1.82) is 0 Å². The topological polar surface area (TPSA) is 43.8 Å². The van der Waals surface area contributed by atoms with Crippen molar-refractivity contribution in [3.05, 3.63) is 160 Å². The number of aryl methyl sites for hydroxylation is 2. The fourth-order valence-electron chi connectivity index (χ4n) is 5.15. The molecule has 5 heteroatoms. The fraction of sp³-hybridized carbons (Fsp3) is 0.300. The molecule has 1 aliphatic heterocycles. The number of allylic oxidation sites excluding steroid dienone is 2. The molecule has 0 atom stereocenters. The minimum atomic E-state index is -0.109. The summed E-state index contributed by atoms with van der Waals surface area (Å²) in [5.41, 5.74) is 21.4. The van der Waals surface area contributed by atoms with E-state index in [4.69, 9.17) is 6.92 Å². The molecule has 0 N–H and O–H groups in total. The molecule has 0 aliphatic carbocycles. The van der Waals surface area contributed by atoms with E-state index in [1.54, 1.807) is 0 Å². The van der Waals surface area contributed by atoms with Gasteiger partial charge in [0.2, 0.25) is 11.4 Å². The SMILES string of the molecule is CCCCC1=C(c2cccc(CC)c2)[N+](=[N-])C(c2cccc(CCCC)c2)=C1.c1ccc(C[O][Pd][O]Cc2ccccc2)cc1. The van der Waals surface area contributed by atoms with E-state index in [9.17, 15) is 5.53 Å². The van der Waals surface area contributed by atoms with Gasteiger partial charge < -0.3 is 5.53 Å². The van der Waals surface area contributed by atoms with Gasteiger partial charge in [0, 0.05) is 22.8 Å². The second kappa shape index (κ2) is 19.1. The van der Waals surface area contributed by atoms with E-state index in [1.165, 1.54) is 45.4 Å². The minimum absolute atomic E-state index is 0.109. The summed E-state index contributed by atoms with van der Waals surface area (Å²) in [5.74, 6) is 0. The summed E-state index contributed by atoms with van der Waals surface area (Å²) in [7, 11) is 0. The quantitative estimate of drug-likeness (QED) is 0.0707. The van der Waals surface area contributed by atoms with Crippen LogP contribution >= 0.6 is 0 Å². The predicted octanol–water partition coefficient (Wildman–Crippen LogP) is 10.9. The normalized spacial score (nSPS) is 12.7. The monoisotopic (exact) mass is 692 g/mol. The molecule has 5 rings (SSSR count). The molecular weight excluding hydrogens is 647 g/mol. The zero-order valence-corrected chi connectivity index (χ0v) is 28.4. The first kappa shape index (κ1) is 34.4. The molecule has 1 aliphatic rings. The number of unbranched alkanes of at least 4 members (excludes halogenated alkanes) is 2. The van der Waals surface area contributed by atoms with Crippen LogP contribution in [-0.4, -0.2) is 4.70 Å². The van der Waals surface area contributed by atoms with Gasteiger partial charge in [-0.3, -0.25) is 0 Å². The Morgan fingerprint density at radius 3 is 1.73 bits per heavy atom. The van der Waals surface area contributed by atoms with Crippen LogP contribution < -0.4 is 0 Å². The molecule has 0 saturated heterocycles. The van der Waals surface area contributed by atoms with Crippen LogP contribution in [0.2, 0.25) is 0 Å². The summed E-state index contributed by atoms with van der Waals surface area (Å²) in [6.07, 6.45) is 9.91. The zero-order valence-electron chi connectivity index (χ0n) is 26.9. The van der Waals surface area contributed by atoms with Gasteiger partial charge in [-0.2, -0.15) is 0 Å². The number of benzene rings is 4. The fourth-order valence-corrected chi connectivity index (χ4v) is 5.98. The van der Waals surface area contributed by atoms with Gasteiger partial charge in [0.25, 0.3) is 0 Å². The van der Waals surface area contributed by atoms with Crippen molar-refractivity contribution in [1.82, 2.24) is 0 Å². The molecule has 238 valence electrons. The van der Waals surface area contributed by atoms with Gasteiger partial charge in [0.15, 0.2) is 0 Å². The molecule has 0 radical (unpaired) electrons. The average molecular weight is 693 g/mol. The van der Waals surface area contributed by atoms with Crippen LogP contribution in [0.25, 0.3) is 16.9 Å². The van der Waals surface area contributed by atoms with Crippen LogP contribution in [0.4, 0.5) is 0 Å². The molecule has 4 nitrogen and oxygen atoms in total. The molecular formula is C40H46N2O2Pd. The van der Waals surface area contributed by atoms with Gasteiger partial charge in [-0.25, -0.2) is 4.70 Å². The Morgan fingerprint density at radius 1 is 0.600 bits per heavy atom. The molecule has 1 heterocycles. The molecule has 0 fully saturated rings. The Balaban J connectivity index is 0.000000231.